The molecule has 0 saturated carbocycles. The van der Waals surface area contributed by atoms with Crippen LogP contribution in [0.3, 0.4) is 0 Å². The molecule has 1 aliphatic heterocycles. The number of hydrogen-bond acceptors (Lipinski definition) is 4. The highest BCUT2D eigenvalue weighted by Gasteiger charge is 2.21. The van der Waals surface area contributed by atoms with Gasteiger partial charge in [-0.2, -0.15) is 0 Å². The van der Waals surface area contributed by atoms with E-state index in [1.165, 1.54) is 11.3 Å². The molecule has 5 nitrogen and oxygen atoms in total. The van der Waals surface area contributed by atoms with Crippen LogP contribution in [-0.2, 0) is 4.74 Å². The number of carbonyl (C=O) groups excluding carboxylic acids is 2. The van der Waals surface area contributed by atoms with Gasteiger partial charge >= 0.3 is 0 Å². The molecule has 0 aliphatic carbocycles. The minimum absolute atomic E-state index is 0.0584. The molecule has 2 aromatic carbocycles. The molecule has 0 unspecified atom stereocenters. The predicted molar refractivity (Wildman–Crippen MR) is 113 cm³/mol. The van der Waals surface area contributed by atoms with E-state index in [-0.39, 0.29) is 17.9 Å². The van der Waals surface area contributed by atoms with Crippen LogP contribution in [-0.4, -0.2) is 31.1 Å². The van der Waals surface area contributed by atoms with Crippen molar-refractivity contribution in [2.24, 2.45) is 0 Å². The van der Waals surface area contributed by atoms with Crippen LogP contribution in [0, 0.1) is 0 Å². The molecule has 1 atom stereocenters. The number of rotatable bonds is 5. The van der Waals surface area contributed by atoms with Crippen LogP contribution in [0.4, 0.5) is 5.69 Å². The van der Waals surface area contributed by atoms with Gasteiger partial charge in [0.05, 0.1) is 22.4 Å². The number of ether oxygens (including phenoxy) is 1. The summed E-state index contributed by atoms with van der Waals surface area (Å²) in [4.78, 5) is 25.8. The van der Waals surface area contributed by atoms with E-state index in [1.54, 1.807) is 24.3 Å². The molecule has 1 fully saturated rings. The number of nitrogens with one attached hydrogen (secondary N) is 2. The topological polar surface area (TPSA) is 67.4 Å². The minimum atomic E-state index is -0.328. The first kappa shape index (κ1) is 18.9. The molecule has 2 N–H and O–H groups in total. The van der Waals surface area contributed by atoms with Gasteiger partial charge in [-0.1, -0.05) is 41.9 Å². The maximum atomic E-state index is 12.8. The fraction of sp³-hybridized carbons (Fsp3) is 0.238. The first-order valence-corrected chi connectivity index (χ1v) is 10.3. The fourth-order valence-corrected chi connectivity index (χ4v) is 4.65. The van der Waals surface area contributed by atoms with Crippen molar-refractivity contribution in [3.8, 4) is 0 Å². The second kappa shape index (κ2) is 8.31. The lowest BCUT2D eigenvalue weighted by molar-refractivity contribution is 0.0858. The number of halogens is 1. The van der Waals surface area contributed by atoms with Crippen LogP contribution in [0.15, 0.2) is 48.5 Å². The van der Waals surface area contributed by atoms with Gasteiger partial charge in [0.2, 0.25) is 0 Å². The zero-order chi connectivity index (χ0) is 19.5. The van der Waals surface area contributed by atoms with Crippen molar-refractivity contribution in [2.75, 3.05) is 18.5 Å². The number of hydrogen-bond donors (Lipinski definition) is 2. The second-order valence-corrected chi connectivity index (χ2v) is 8.02. The van der Waals surface area contributed by atoms with E-state index in [4.69, 9.17) is 16.3 Å². The van der Waals surface area contributed by atoms with Gasteiger partial charge in [-0.15, -0.1) is 11.3 Å². The molecule has 0 bridgehead atoms. The zero-order valence-corrected chi connectivity index (χ0v) is 16.6. The average molecular weight is 415 g/mol. The van der Waals surface area contributed by atoms with Crippen LogP contribution < -0.4 is 10.6 Å². The third-order valence-electron chi connectivity index (χ3n) is 4.68. The molecule has 28 heavy (non-hydrogen) atoms. The normalized spacial score (nSPS) is 16.2. The van der Waals surface area contributed by atoms with Gasteiger partial charge in [0, 0.05) is 23.2 Å². The van der Waals surface area contributed by atoms with E-state index < -0.39 is 0 Å². The first-order chi connectivity index (χ1) is 13.6. The lowest BCUT2D eigenvalue weighted by atomic mass is 10.1. The summed E-state index contributed by atoms with van der Waals surface area (Å²) in [6.07, 6.45) is 2.02. The highest BCUT2D eigenvalue weighted by Crippen LogP contribution is 2.35. The summed E-state index contributed by atoms with van der Waals surface area (Å²) in [5.41, 5.74) is 0.858. The zero-order valence-electron chi connectivity index (χ0n) is 15.0. The van der Waals surface area contributed by atoms with E-state index in [0.717, 1.165) is 29.5 Å². The molecule has 2 amide bonds. The summed E-state index contributed by atoms with van der Waals surface area (Å²) in [5, 5.41) is 7.00. The van der Waals surface area contributed by atoms with Crippen LogP contribution in [0.2, 0.25) is 5.02 Å². The molecule has 1 aromatic heterocycles. The fourth-order valence-electron chi connectivity index (χ4n) is 3.24. The van der Waals surface area contributed by atoms with Gasteiger partial charge in [-0.25, -0.2) is 0 Å². The third kappa shape index (κ3) is 3.90. The van der Waals surface area contributed by atoms with E-state index >= 15 is 0 Å². The Hall–Kier alpha value is -2.41. The summed E-state index contributed by atoms with van der Waals surface area (Å²) < 4.78 is 6.48. The van der Waals surface area contributed by atoms with Gasteiger partial charge < -0.3 is 15.4 Å². The van der Waals surface area contributed by atoms with Gasteiger partial charge in [0.25, 0.3) is 11.8 Å². The quantitative estimate of drug-likeness (QED) is 0.635. The van der Waals surface area contributed by atoms with Crippen LogP contribution in [0.1, 0.15) is 32.9 Å². The SMILES string of the molecule is O=C(NC[C@@H]1CCCO1)c1ccccc1NC(=O)c1sc2ccccc2c1Cl. The Kier molecular flexibility index (Phi) is 5.62. The molecule has 2 heterocycles. The number of para-hydroxylation sites is 1. The Labute approximate surface area is 171 Å². The molecule has 0 radical (unpaired) electrons. The van der Waals surface area contributed by atoms with E-state index in [1.807, 2.05) is 24.3 Å². The molecular weight excluding hydrogens is 396 g/mol. The number of anilines is 1. The van der Waals surface area contributed by atoms with E-state index in [0.29, 0.717) is 27.7 Å². The summed E-state index contributed by atoms with van der Waals surface area (Å²) in [7, 11) is 0. The number of amides is 2. The predicted octanol–water partition coefficient (Wildman–Crippen LogP) is 4.72. The average Bonchev–Trinajstić information content (AvgIpc) is 3.35. The summed E-state index contributed by atoms with van der Waals surface area (Å²) in [5.74, 6) is -0.570. The van der Waals surface area contributed by atoms with Gasteiger partial charge in [-0.3, -0.25) is 9.59 Å². The highest BCUT2D eigenvalue weighted by atomic mass is 35.5. The molecule has 7 heteroatoms. The smallest absolute Gasteiger partial charge is 0.267 e. The Balaban J connectivity index is 1.52. The molecule has 3 aromatic rings. The Morgan fingerprint density at radius 2 is 1.89 bits per heavy atom. The molecule has 144 valence electrons. The largest absolute Gasteiger partial charge is 0.376 e. The van der Waals surface area contributed by atoms with Gasteiger partial charge in [0.1, 0.15) is 4.88 Å². The van der Waals surface area contributed by atoms with E-state index in [2.05, 4.69) is 10.6 Å². The maximum absolute atomic E-state index is 12.8. The Morgan fingerprint density at radius 3 is 2.68 bits per heavy atom. The third-order valence-corrected chi connectivity index (χ3v) is 6.35. The maximum Gasteiger partial charge on any atom is 0.267 e. The number of fused-ring (bicyclic) bond motifs is 1. The number of benzene rings is 2. The van der Waals surface area contributed by atoms with Crippen molar-refractivity contribution in [1.82, 2.24) is 5.32 Å². The van der Waals surface area contributed by atoms with Gasteiger partial charge in [-0.05, 0) is 31.0 Å². The first-order valence-electron chi connectivity index (χ1n) is 9.10. The van der Waals surface area contributed by atoms with Gasteiger partial charge in [0.15, 0.2) is 0 Å². The Morgan fingerprint density at radius 1 is 1.11 bits per heavy atom. The molecule has 4 rings (SSSR count). The van der Waals surface area contributed by atoms with Crippen molar-refractivity contribution >= 4 is 50.5 Å². The van der Waals surface area contributed by atoms with Crippen molar-refractivity contribution in [3.05, 3.63) is 64.0 Å². The van der Waals surface area contributed by atoms with Crippen molar-refractivity contribution in [3.63, 3.8) is 0 Å². The second-order valence-electron chi connectivity index (χ2n) is 6.59. The molecule has 1 saturated heterocycles. The lowest BCUT2D eigenvalue weighted by Crippen LogP contribution is -2.32. The van der Waals surface area contributed by atoms with Crippen molar-refractivity contribution < 1.29 is 14.3 Å². The lowest BCUT2D eigenvalue weighted by Gasteiger charge is -2.13. The molecule has 1 aliphatic rings. The summed E-state index contributed by atoms with van der Waals surface area (Å²) in [6, 6.07) is 14.5. The summed E-state index contributed by atoms with van der Waals surface area (Å²) in [6.45, 7) is 1.20. The van der Waals surface area contributed by atoms with Crippen molar-refractivity contribution in [2.45, 2.75) is 18.9 Å². The number of thiophene rings is 1. The van der Waals surface area contributed by atoms with E-state index in [9.17, 15) is 9.59 Å². The minimum Gasteiger partial charge on any atom is -0.376 e. The van der Waals surface area contributed by atoms with Crippen LogP contribution in [0.5, 0.6) is 0 Å². The van der Waals surface area contributed by atoms with Crippen LogP contribution in [0.25, 0.3) is 10.1 Å². The van der Waals surface area contributed by atoms with Crippen LogP contribution >= 0.6 is 22.9 Å². The molecular formula is C21H19ClN2O3S. The number of carbonyl (C=O) groups is 2. The summed E-state index contributed by atoms with van der Waals surface area (Å²) >= 11 is 7.73. The Bertz CT molecular complexity index is 1030. The van der Waals surface area contributed by atoms with Crippen molar-refractivity contribution in [1.29, 1.82) is 0 Å². The highest BCUT2D eigenvalue weighted by molar-refractivity contribution is 7.21. The monoisotopic (exact) mass is 414 g/mol. The molecule has 0 spiro atoms. The standard InChI is InChI=1S/C21H19ClN2O3S/c22-18-15-8-2-4-10-17(15)28-19(18)21(26)24-16-9-3-1-7-14(16)20(25)23-12-13-6-5-11-27-13/h1-4,7-10,13H,5-6,11-12H2,(H,23,25)(H,24,26)/t13-/m0/s1.